The van der Waals surface area contributed by atoms with E-state index < -0.39 is 0 Å². The molecular formula is C15H28ClN3. The summed E-state index contributed by atoms with van der Waals surface area (Å²) in [5.74, 6) is 0.718. The largest absolute Gasteiger partial charge is 0.317 e. The quantitative estimate of drug-likeness (QED) is 0.789. The summed E-state index contributed by atoms with van der Waals surface area (Å²) < 4.78 is 2.06. The summed E-state index contributed by atoms with van der Waals surface area (Å²) in [5, 5.41) is 8.86. The van der Waals surface area contributed by atoms with Crippen LogP contribution in [0.2, 0.25) is 5.02 Å². The van der Waals surface area contributed by atoms with Gasteiger partial charge < -0.3 is 5.32 Å². The summed E-state index contributed by atoms with van der Waals surface area (Å²) in [6.07, 6.45) is 4.22. The lowest BCUT2D eigenvalue weighted by Crippen LogP contribution is -2.27. The standard InChI is InChI=1S/C15H28ClN3/c1-6-13-15(16)14(19(7-2)18-13)9-8-12(17-5)10-11(3)4/h11-12,17H,6-10H2,1-5H3. The first-order chi connectivity index (χ1) is 9.03. The van der Waals surface area contributed by atoms with Crippen molar-refractivity contribution in [3.63, 3.8) is 0 Å². The number of hydrogen-bond acceptors (Lipinski definition) is 2. The van der Waals surface area contributed by atoms with E-state index in [9.17, 15) is 0 Å². The van der Waals surface area contributed by atoms with Crippen LogP contribution < -0.4 is 5.32 Å². The van der Waals surface area contributed by atoms with Gasteiger partial charge in [0.15, 0.2) is 0 Å². The van der Waals surface area contributed by atoms with Crippen LogP contribution in [0, 0.1) is 5.92 Å². The van der Waals surface area contributed by atoms with Crippen LogP contribution >= 0.6 is 11.6 Å². The van der Waals surface area contributed by atoms with Crippen molar-refractivity contribution in [2.75, 3.05) is 7.05 Å². The number of aromatic nitrogens is 2. The van der Waals surface area contributed by atoms with E-state index in [0.717, 1.165) is 42.4 Å². The third-order valence-electron chi connectivity index (χ3n) is 3.59. The fourth-order valence-corrected chi connectivity index (χ4v) is 2.88. The topological polar surface area (TPSA) is 29.9 Å². The fourth-order valence-electron chi connectivity index (χ4n) is 2.52. The molecule has 0 aliphatic rings. The molecule has 1 N–H and O–H groups in total. The van der Waals surface area contributed by atoms with E-state index in [-0.39, 0.29) is 0 Å². The third kappa shape index (κ3) is 4.50. The Balaban J connectivity index is 2.73. The molecule has 0 aromatic carbocycles. The first-order valence-corrected chi connectivity index (χ1v) is 7.82. The van der Waals surface area contributed by atoms with Crippen molar-refractivity contribution in [3.05, 3.63) is 16.4 Å². The number of rotatable bonds is 8. The van der Waals surface area contributed by atoms with Gasteiger partial charge in [-0.2, -0.15) is 5.10 Å². The molecule has 0 aliphatic heterocycles. The van der Waals surface area contributed by atoms with Crippen LogP contribution in [0.15, 0.2) is 0 Å². The predicted molar refractivity (Wildman–Crippen MR) is 82.9 cm³/mol. The molecule has 3 nitrogen and oxygen atoms in total. The predicted octanol–water partition coefficient (Wildman–Crippen LogP) is 3.69. The normalized spacial score (nSPS) is 13.2. The van der Waals surface area contributed by atoms with Crippen LogP contribution in [0.5, 0.6) is 0 Å². The second-order valence-corrected chi connectivity index (χ2v) is 5.91. The number of aryl methyl sites for hydroxylation is 2. The number of nitrogens with zero attached hydrogens (tertiary/aromatic N) is 2. The van der Waals surface area contributed by atoms with Crippen molar-refractivity contribution in [2.24, 2.45) is 5.92 Å². The molecule has 0 fully saturated rings. The zero-order valence-corrected chi connectivity index (χ0v) is 13.7. The average molecular weight is 286 g/mol. The molecule has 0 saturated carbocycles. The van der Waals surface area contributed by atoms with Gasteiger partial charge in [0.2, 0.25) is 0 Å². The molecule has 0 bridgehead atoms. The molecule has 1 rings (SSSR count). The van der Waals surface area contributed by atoms with Gasteiger partial charge in [-0.3, -0.25) is 4.68 Å². The maximum absolute atomic E-state index is 6.44. The average Bonchev–Trinajstić information content (AvgIpc) is 2.70. The minimum atomic E-state index is 0.557. The van der Waals surface area contributed by atoms with Crippen LogP contribution in [-0.4, -0.2) is 22.9 Å². The minimum Gasteiger partial charge on any atom is -0.317 e. The van der Waals surface area contributed by atoms with E-state index in [1.54, 1.807) is 0 Å². The van der Waals surface area contributed by atoms with Crippen molar-refractivity contribution in [1.82, 2.24) is 15.1 Å². The molecule has 1 heterocycles. The lowest BCUT2D eigenvalue weighted by atomic mass is 9.99. The van der Waals surface area contributed by atoms with Gasteiger partial charge in [-0.25, -0.2) is 0 Å². The molecule has 110 valence electrons. The van der Waals surface area contributed by atoms with Crippen LogP contribution in [0.1, 0.15) is 51.9 Å². The van der Waals surface area contributed by atoms with Gasteiger partial charge in [0.1, 0.15) is 0 Å². The minimum absolute atomic E-state index is 0.557. The van der Waals surface area contributed by atoms with Crippen LogP contribution in [0.3, 0.4) is 0 Å². The van der Waals surface area contributed by atoms with Crippen LogP contribution in [0.25, 0.3) is 0 Å². The zero-order chi connectivity index (χ0) is 14.4. The van der Waals surface area contributed by atoms with Crippen molar-refractivity contribution >= 4 is 11.6 Å². The Kier molecular flexibility index (Phi) is 6.87. The second-order valence-electron chi connectivity index (χ2n) is 5.53. The first kappa shape index (κ1) is 16.5. The Labute approximate surface area is 122 Å². The lowest BCUT2D eigenvalue weighted by molar-refractivity contribution is 0.417. The molecule has 0 amide bonds. The van der Waals surface area contributed by atoms with Gasteiger partial charge in [-0.05, 0) is 45.6 Å². The highest BCUT2D eigenvalue weighted by atomic mass is 35.5. The van der Waals surface area contributed by atoms with E-state index in [2.05, 4.69) is 42.8 Å². The summed E-state index contributed by atoms with van der Waals surface area (Å²) in [4.78, 5) is 0. The van der Waals surface area contributed by atoms with E-state index >= 15 is 0 Å². The van der Waals surface area contributed by atoms with Gasteiger partial charge >= 0.3 is 0 Å². The molecule has 0 radical (unpaired) electrons. The zero-order valence-electron chi connectivity index (χ0n) is 13.0. The van der Waals surface area contributed by atoms with Crippen molar-refractivity contribution < 1.29 is 0 Å². The number of halogens is 1. The Morgan fingerprint density at radius 3 is 2.47 bits per heavy atom. The second kappa shape index (κ2) is 7.91. The highest BCUT2D eigenvalue weighted by Crippen LogP contribution is 2.24. The summed E-state index contributed by atoms with van der Waals surface area (Å²) in [5.41, 5.74) is 2.23. The van der Waals surface area contributed by atoms with Gasteiger partial charge in [0.25, 0.3) is 0 Å². The fraction of sp³-hybridized carbons (Fsp3) is 0.800. The monoisotopic (exact) mass is 285 g/mol. The molecule has 0 aliphatic carbocycles. The molecule has 1 aromatic heterocycles. The van der Waals surface area contributed by atoms with E-state index in [1.165, 1.54) is 12.1 Å². The van der Waals surface area contributed by atoms with E-state index in [4.69, 9.17) is 11.6 Å². The Morgan fingerprint density at radius 2 is 2.00 bits per heavy atom. The number of hydrogen-bond donors (Lipinski definition) is 1. The third-order valence-corrected chi connectivity index (χ3v) is 4.02. The molecule has 1 atom stereocenters. The summed E-state index contributed by atoms with van der Waals surface area (Å²) >= 11 is 6.44. The summed E-state index contributed by atoms with van der Waals surface area (Å²) in [6, 6.07) is 0.557. The highest BCUT2D eigenvalue weighted by Gasteiger charge is 2.16. The van der Waals surface area contributed by atoms with Gasteiger partial charge in [0.05, 0.1) is 16.4 Å². The molecule has 1 unspecified atom stereocenters. The smallest absolute Gasteiger partial charge is 0.0849 e. The summed E-state index contributed by atoms with van der Waals surface area (Å²) in [6.45, 7) is 9.65. The van der Waals surface area contributed by atoms with Gasteiger partial charge in [-0.1, -0.05) is 32.4 Å². The van der Waals surface area contributed by atoms with Gasteiger partial charge in [0, 0.05) is 12.6 Å². The van der Waals surface area contributed by atoms with E-state index in [1.807, 2.05) is 7.05 Å². The Bertz CT molecular complexity index is 385. The van der Waals surface area contributed by atoms with Crippen molar-refractivity contribution in [1.29, 1.82) is 0 Å². The maximum Gasteiger partial charge on any atom is 0.0849 e. The summed E-state index contributed by atoms with van der Waals surface area (Å²) in [7, 11) is 2.04. The molecule has 0 spiro atoms. The SMILES string of the molecule is CCc1nn(CC)c(CCC(CC(C)C)NC)c1Cl. The number of nitrogens with one attached hydrogen (secondary N) is 1. The first-order valence-electron chi connectivity index (χ1n) is 7.44. The van der Waals surface area contributed by atoms with Crippen molar-refractivity contribution in [3.8, 4) is 0 Å². The van der Waals surface area contributed by atoms with Crippen LogP contribution in [0.4, 0.5) is 0 Å². The maximum atomic E-state index is 6.44. The molecule has 4 heteroatoms. The molecule has 0 saturated heterocycles. The van der Waals surface area contributed by atoms with E-state index in [0.29, 0.717) is 6.04 Å². The molecular weight excluding hydrogens is 258 g/mol. The molecule has 19 heavy (non-hydrogen) atoms. The van der Waals surface area contributed by atoms with Crippen LogP contribution in [-0.2, 0) is 19.4 Å². The highest BCUT2D eigenvalue weighted by molar-refractivity contribution is 6.31. The Morgan fingerprint density at radius 1 is 1.32 bits per heavy atom. The Hall–Kier alpha value is -0.540. The van der Waals surface area contributed by atoms with Gasteiger partial charge in [-0.15, -0.1) is 0 Å². The lowest BCUT2D eigenvalue weighted by Gasteiger charge is -2.18. The molecule has 1 aromatic rings. The van der Waals surface area contributed by atoms with Crippen molar-refractivity contribution in [2.45, 2.75) is 66.0 Å².